The van der Waals surface area contributed by atoms with Gasteiger partial charge in [-0.25, -0.2) is 0 Å². The summed E-state index contributed by atoms with van der Waals surface area (Å²) in [6, 6.07) is 17.5. The van der Waals surface area contributed by atoms with Crippen LogP contribution in [0.1, 0.15) is 15.2 Å². The number of ether oxygens (including phenoxy) is 1. The fraction of sp³-hybridized carbons (Fsp3) is 0.100. The molecule has 0 spiro atoms. The molecule has 0 saturated carbocycles. The van der Waals surface area contributed by atoms with Crippen LogP contribution in [0.2, 0.25) is 5.02 Å². The van der Waals surface area contributed by atoms with Crippen molar-refractivity contribution >= 4 is 40.4 Å². The largest absolute Gasteiger partial charge is 0.488 e. The van der Waals surface area contributed by atoms with Crippen molar-refractivity contribution in [2.24, 2.45) is 0 Å². The number of amides is 2. The van der Waals surface area contributed by atoms with Crippen LogP contribution in [0.4, 0.5) is 5.69 Å². The Labute approximate surface area is 165 Å². The summed E-state index contributed by atoms with van der Waals surface area (Å²) in [5.74, 6) is -0.0692. The van der Waals surface area contributed by atoms with Crippen LogP contribution < -0.4 is 15.4 Å². The van der Waals surface area contributed by atoms with Gasteiger partial charge in [-0.15, -0.1) is 11.3 Å². The van der Waals surface area contributed by atoms with E-state index >= 15 is 0 Å². The van der Waals surface area contributed by atoms with Crippen molar-refractivity contribution in [1.29, 1.82) is 0 Å². The molecule has 2 aromatic carbocycles. The molecule has 0 aliphatic rings. The van der Waals surface area contributed by atoms with E-state index in [4.69, 9.17) is 16.3 Å². The smallest absolute Gasteiger partial charge is 0.251 e. The van der Waals surface area contributed by atoms with Gasteiger partial charge in [-0.1, -0.05) is 23.7 Å². The number of nitrogens with one attached hydrogen (secondary N) is 2. The molecule has 0 atom stereocenters. The summed E-state index contributed by atoms with van der Waals surface area (Å²) in [6.07, 6.45) is 0. The van der Waals surface area contributed by atoms with Gasteiger partial charge in [0.05, 0.1) is 6.54 Å². The molecule has 3 rings (SSSR count). The Morgan fingerprint density at radius 2 is 1.85 bits per heavy atom. The van der Waals surface area contributed by atoms with Crippen LogP contribution in [0.25, 0.3) is 0 Å². The van der Waals surface area contributed by atoms with Gasteiger partial charge in [-0.3, -0.25) is 9.59 Å². The van der Waals surface area contributed by atoms with Gasteiger partial charge in [0.15, 0.2) is 0 Å². The van der Waals surface area contributed by atoms with Crippen molar-refractivity contribution in [3.8, 4) is 5.75 Å². The lowest BCUT2D eigenvalue weighted by Gasteiger charge is -2.09. The molecular weight excluding hydrogens is 384 g/mol. The first-order chi connectivity index (χ1) is 13.1. The van der Waals surface area contributed by atoms with E-state index in [2.05, 4.69) is 10.6 Å². The van der Waals surface area contributed by atoms with Gasteiger partial charge in [0, 0.05) is 21.2 Å². The van der Waals surface area contributed by atoms with Gasteiger partial charge in [-0.05, 0) is 53.9 Å². The van der Waals surface area contributed by atoms with E-state index in [9.17, 15) is 9.59 Å². The summed E-state index contributed by atoms with van der Waals surface area (Å²) in [7, 11) is 0. The minimum Gasteiger partial charge on any atom is -0.488 e. The zero-order valence-electron chi connectivity index (χ0n) is 14.3. The van der Waals surface area contributed by atoms with E-state index in [0.717, 1.165) is 4.88 Å². The maximum atomic E-state index is 12.3. The summed E-state index contributed by atoms with van der Waals surface area (Å²) in [6.45, 7) is 0.313. The number of halogens is 1. The van der Waals surface area contributed by atoms with Crippen molar-refractivity contribution in [3.63, 3.8) is 0 Å². The van der Waals surface area contributed by atoms with Crippen LogP contribution in [0.5, 0.6) is 5.75 Å². The second kappa shape index (κ2) is 9.21. The molecular formula is C20H17ClN2O3S. The van der Waals surface area contributed by atoms with Gasteiger partial charge in [0.1, 0.15) is 12.4 Å². The Kier molecular flexibility index (Phi) is 6.46. The van der Waals surface area contributed by atoms with Crippen LogP contribution in [0.3, 0.4) is 0 Å². The van der Waals surface area contributed by atoms with Crippen molar-refractivity contribution in [2.75, 3.05) is 11.9 Å². The SMILES string of the molecule is O=C(CNC(=O)c1cccc(OCc2cccs2)c1)Nc1ccc(Cl)cc1. The standard InChI is InChI=1S/C20H17ClN2O3S/c21-15-6-8-16(9-7-15)23-19(24)12-22-20(25)14-3-1-4-17(11-14)26-13-18-5-2-10-27-18/h1-11H,12-13H2,(H,22,25)(H,23,24). The fourth-order valence-corrected chi connectivity index (χ4v) is 3.02. The third-order valence-electron chi connectivity index (χ3n) is 3.59. The number of carbonyl (C=O) groups is 2. The quantitative estimate of drug-likeness (QED) is 0.619. The van der Waals surface area contributed by atoms with E-state index in [0.29, 0.717) is 28.6 Å². The lowest BCUT2D eigenvalue weighted by atomic mass is 10.2. The molecule has 3 aromatic rings. The third-order valence-corrected chi connectivity index (χ3v) is 4.70. The monoisotopic (exact) mass is 400 g/mol. The van der Waals surface area contributed by atoms with Crippen LogP contribution >= 0.6 is 22.9 Å². The molecule has 2 amide bonds. The molecule has 1 heterocycles. The summed E-state index contributed by atoms with van der Waals surface area (Å²) in [4.78, 5) is 25.3. The Balaban J connectivity index is 1.50. The summed E-state index contributed by atoms with van der Waals surface area (Å²) < 4.78 is 5.70. The van der Waals surface area contributed by atoms with Crippen LogP contribution in [-0.2, 0) is 11.4 Å². The summed E-state index contributed by atoms with van der Waals surface area (Å²) in [5, 5.41) is 7.85. The summed E-state index contributed by atoms with van der Waals surface area (Å²) >= 11 is 7.41. The molecule has 0 aliphatic carbocycles. The Morgan fingerprint density at radius 3 is 2.59 bits per heavy atom. The third kappa shape index (κ3) is 5.84. The molecule has 2 N–H and O–H groups in total. The molecule has 138 valence electrons. The van der Waals surface area contributed by atoms with E-state index in [1.807, 2.05) is 17.5 Å². The maximum absolute atomic E-state index is 12.3. The molecule has 0 aliphatic heterocycles. The Hall–Kier alpha value is -2.83. The molecule has 27 heavy (non-hydrogen) atoms. The first-order valence-electron chi connectivity index (χ1n) is 8.19. The van der Waals surface area contributed by atoms with Gasteiger partial charge in [0.25, 0.3) is 5.91 Å². The van der Waals surface area contributed by atoms with Gasteiger partial charge in [0.2, 0.25) is 5.91 Å². The molecule has 0 fully saturated rings. The number of thiophene rings is 1. The van der Waals surface area contributed by atoms with Crippen molar-refractivity contribution < 1.29 is 14.3 Å². The fourth-order valence-electron chi connectivity index (χ4n) is 2.28. The molecule has 5 nitrogen and oxygen atoms in total. The van der Waals surface area contributed by atoms with Gasteiger partial charge < -0.3 is 15.4 Å². The van der Waals surface area contributed by atoms with Crippen LogP contribution in [0.15, 0.2) is 66.0 Å². The first kappa shape index (κ1) is 18.9. The second-order valence-corrected chi connectivity index (χ2v) is 7.10. The van der Waals surface area contributed by atoms with E-state index in [-0.39, 0.29) is 18.4 Å². The maximum Gasteiger partial charge on any atom is 0.251 e. The van der Waals surface area contributed by atoms with Crippen molar-refractivity contribution in [1.82, 2.24) is 5.32 Å². The predicted molar refractivity (Wildman–Crippen MR) is 108 cm³/mol. The average Bonchev–Trinajstić information content (AvgIpc) is 3.20. The second-order valence-electron chi connectivity index (χ2n) is 5.63. The van der Waals surface area contributed by atoms with Gasteiger partial charge >= 0.3 is 0 Å². The predicted octanol–water partition coefficient (Wildman–Crippen LogP) is 4.35. The molecule has 0 radical (unpaired) electrons. The van der Waals surface area contributed by atoms with Crippen LogP contribution in [-0.4, -0.2) is 18.4 Å². The van der Waals surface area contributed by atoms with E-state index in [1.54, 1.807) is 59.9 Å². The lowest BCUT2D eigenvalue weighted by molar-refractivity contribution is -0.115. The highest BCUT2D eigenvalue weighted by molar-refractivity contribution is 7.09. The highest BCUT2D eigenvalue weighted by atomic mass is 35.5. The zero-order valence-corrected chi connectivity index (χ0v) is 15.8. The number of anilines is 1. The molecule has 0 bridgehead atoms. The number of rotatable bonds is 7. The minimum absolute atomic E-state index is 0.137. The van der Waals surface area contributed by atoms with Crippen LogP contribution in [0, 0.1) is 0 Å². The number of carbonyl (C=O) groups excluding carboxylic acids is 2. The number of benzene rings is 2. The zero-order chi connectivity index (χ0) is 19.1. The highest BCUT2D eigenvalue weighted by Crippen LogP contribution is 2.17. The summed E-state index contributed by atoms with van der Waals surface area (Å²) in [5.41, 5.74) is 1.04. The first-order valence-corrected chi connectivity index (χ1v) is 9.45. The number of hydrogen-bond acceptors (Lipinski definition) is 4. The topological polar surface area (TPSA) is 67.4 Å². The Bertz CT molecular complexity index is 911. The van der Waals surface area contributed by atoms with E-state index < -0.39 is 0 Å². The number of hydrogen-bond donors (Lipinski definition) is 2. The molecule has 0 saturated heterocycles. The minimum atomic E-state index is -0.345. The van der Waals surface area contributed by atoms with Crippen molar-refractivity contribution in [2.45, 2.75) is 6.61 Å². The molecule has 7 heteroatoms. The van der Waals surface area contributed by atoms with E-state index in [1.165, 1.54) is 0 Å². The molecule has 0 unspecified atom stereocenters. The molecule has 1 aromatic heterocycles. The lowest BCUT2D eigenvalue weighted by Crippen LogP contribution is -2.32. The Morgan fingerprint density at radius 1 is 1.04 bits per heavy atom. The highest BCUT2D eigenvalue weighted by Gasteiger charge is 2.09. The normalized spacial score (nSPS) is 10.3. The van der Waals surface area contributed by atoms with Gasteiger partial charge in [-0.2, -0.15) is 0 Å². The average molecular weight is 401 g/mol. The van der Waals surface area contributed by atoms with Crippen molar-refractivity contribution in [3.05, 3.63) is 81.5 Å².